The lowest BCUT2D eigenvalue weighted by Crippen LogP contribution is -2.60. The van der Waals surface area contributed by atoms with Crippen LogP contribution in [0.4, 0.5) is 0 Å². The number of nitrogens with one attached hydrogen (secondary N) is 2. The molecular weight excluding hydrogens is 483 g/mol. The minimum Gasteiger partial charge on any atom is -0.469 e. The van der Waals surface area contributed by atoms with Crippen LogP contribution in [0.25, 0.3) is 0 Å². The second-order valence-electron chi connectivity index (χ2n) is 7.98. The first-order chi connectivity index (χ1) is 13.7. The highest BCUT2D eigenvalue weighted by Gasteiger charge is 2.38. The molecule has 0 aromatic rings. The van der Waals surface area contributed by atoms with E-state index in [4.69, 9.17) is 4.74 Å². The molecule has 0 aromatic heterocycles. The van der Waals surface area contributed by atoms with Gasteiger partial charge in [-0.15, -0.1) is 24.0 Å². The van der Waals surface area contributed by atoms with Gasteiger partial charge in [-0.1, -0.05) is 32.1 Å². The van der Waals surface area contributed by atoms with Crippen molar-refractivity contribution in [3.63, 3.8) is 0 Å². The van der Waals surface area contributed by atoms with Gasteiger partial charge in [-0.25, -0.2) is 0 Å². The van der Waals surface area contributed by atoms with Gasteiger partial charge in [-0.2, -0.15) is 0 Å². The van der Waals surface area contributed by atoms with Crippen LogP contribution in [0, 0.1) is 0 Å². The number of hydrogen-bond donors (Lipinski definition) is 2. The number of hydrogen-bond acceptors (Lipinski definition) is 5. The van der Waals surface area contributed by atoms with Crippen molar-refractivity contribution in [2.45, 2.75) is 69.7 Å². The molecule has 1 saturated heterocycles. The number of guanidine groups is 1. The molecule has 29 heavy (non-hydrogen) atoms. The van der Waals surface area contributed by atoms with Crippen molar-refractivity contribution in [1.82, 2.24) is 15.5 Å². The van der Waals surface area contributed by atoms with Crippen molar-refractivity contribution in [3.05, 3.63) is 0 Å². The molecule has 0 amide bonds. The molecule has 1 saturated carbocycles. The molecule has 1 aliphatic carbocycles. The van der Waals surface area contributed by atoms with Gasteiger partial charge < -0.3 is 20.1 Å². The molecule has 0 bridgehead atoms. The van der Waals surface area contributed by atoms with Crippen molar-refractivity contribution < 1.29 is 14.3 Å². The van der Waals surface area contributed by atoms with Gasteiger partial charge in [0.25, 0.3) is 0 Å². The van der Waals surface area contributed by atoms with Gasteiger partial charge in [-0.3, -0.25) is 14.7 Å². The number of methoxy groups -OCH3 is 1. The number of aliphatic imine (C=N–C) groups is 1. The number of ether oxygens (including phenoxy) is 2. The summed E-state index contributed by atoms with van der Waals surface area (Å²) in [7, 11) is 3.29. The molecule has 0 atom stereocenters. The SMILES string of the molecule is CN=C(NCCCCCCC(=O)OC)NCC1(N2CCOCC2)CCCCC1.I. The van der Waals surface area contributed by atoms with Crippen LogP contribution in [0.15, 0.2) is 4.99 Å². The number of halogens is 1. The number of rotatable bonds is 10. The Balaban J connectivity index is 0.00000420. The third-order valence-corrected chi connectivity index (χ3v) is 6.10. The highest BCUT2D eigenvalue weighted by atomic mass is 127. The first-order valence-electron chi connectivity index (χ1n) is 11.0. The molecular formula is C21H41IN4O3. The molecule has 1 aliphatic heterocycles. The molecule has 2 aliphatic rings. The molecule has 2 rings (SSSR count). The summed E-state index contributed by atoms with van der Waals surface area (Å²) in [6.45, 7) is 5.64. The lowest BCUT2D eigenvalue weighted by atomic mass is 9.80. The van der Waals surface area contributed by atoms with Crippen LogP contribution in [-0.4, -0.2) is 75.9 Å². The first kappa shape index (κ1) is 26.4. The van der Waals surface area contributed by atoms with Gasteiger partial charge >= 0.3 is 5.97 Å². The van der Waals surface area contributed by atoms with Crippen molar-refractivity contribution >= 4 is 35.9 Å². The summed E-state index contributed by atoms with van der Waals surface area (Å²) in [6.07, 6.45) is 11.2. The Morgan fingerprint density at radius 2 is 1.76 bits per heavy atom. The fourth-order valence-electron chi connectivity index (χ4n) is 4.38. The molecule has 0 unspecified atom stereocenters. The summed E-state index contributed by atoms with van der Waals surface area (Å²) in [4.78, 5) is 18.2. The molecule has 2 N–H and O–H groups in total. The molecule has 8 heteroatoms. The van der Waals surface area contributed by atoms with Crippen LogP contribution < -0.4 is 10.6 Å². The third kappa shape index (κ3) is 9.38. The number of morpholine rings is 1. The number of unbranched alkanes of at least 4 members (excludes halogenated alkanes) is 3. The standard InChI is InChI=1S/C21H40N4O3.HI/c1-22-20(23-13-9-4-3-6-10-19(26)27-2)24-18-21(11-7-5-8-12-21)25-14-16-28-17-15-25;/h3-18H2,1-2H3,(H2,22,23,24);1H. The normalized spacial score (nSPS) is 19.9. The average molecular weight is 524 g/mol. The van der Waals surface area contributed by atoms with Crippen LogP contribution in [0.5, 0.6) is 0 Å². The molecule has 170 valence electrons. The lowest BCUT2D eigenvalue weighted by molar-refractivity contribution is -0.140. The van der Waals surface area contributed by atoms with E-state index in [2.05, 4.69) is 25.3 Å². The molecule has 1 heterocycles. The Morgan fingerprint density at radius 3 is 2.41 bits per heavy atom. The minimum atomic E-state index is -0.111. The van der Waals surface area contributed by atoms with E-state index in [0.717, 1.165) is 71.0 Å². The first-order valence-corrected chi connectivity index (χ1v) is 11.0. The van der Waals surface area contributed by atoms with E-state index in [1.807, 2.05) is 7.05 Å². The lowest BCUT2D eigenvalue weighted by Gasteiger charge is -2.48. The zero-order valence-corrected chi connectivity index (χ0v) is 20.7. The third-order valence-electron chi connectivity index (χ3n) is 6.10. The van der Waals surface area contributed by atoms with Crippen LogP contribution in [-0.2, 0) is 14.3 Å². The van der Waals surface area contributed by atoms with Crippen LogP contribution in [0.2, 0.25) is 0 Å². The molecule has 0 spiro atoms. The number of nitrogens with zero attached hydrogens (tertiary/aromatic N) is 2. The highest BCUT2D eigenvalue weighted by Crippen LogP contribution is 2.33. The predicted octanol–water partition coefficient (Wildman–Crippen LogP) is 2.93. The van der Waals surface area contributed by atoms with E-state index < -0.39 is 0 Å². The summed E-state index contributed by atoms with van der Waals surface area (Å²) in [5.41, 5.74) is 0.244. The maximum atomic E-state index is 11.1. The Morgan fingerprint density at radius 1 is 1.07 bits per heavy atom. The predicted molar refractivity (Wildman–Crippen MR) is 128 cm³/mol. The van der Waals surface area contributed by atoms with Gasteiger partial charge in [0.1, 0.15) is 0 Å². The van der Waals surface area contributed by atoms with Gasteiger partial charge in [-0.05, 0) is 25.7 Å². The molecule has 0 radical (unpaired) electrons. The zero-order valence-electron chi connectivity index (χ0n) is 18.3. The fraction of sp³-hybridized carbons (Fsp3) is 0.905. The summed E-state index contributed by atoms with van der Waals surface area (Å²) in [6, 6.07) is 0. The van der Waals surface area contributed by atoms with Crippen molar-refractivity contribution in [3.8, 4) is 0 Å². The second-order valence-corrected chi connectivity index (χ2v) is 7.98. The summed E-state index contributed by atoms with van der Waals surface area (Å²) in [5.74, 6) is 0.785. The second kappa shape index (κ2) is 15.2. The van der Waals surface area contributed by atoms with Crippen molar-refractivity contribution in [2.24, 2.45) is 4.99 Å². The van der Waals surface area contributed by atoms with Crippen LogP contribution in [0.3, 0.4) is 0 Å². The van der Waals surface area contributed by atoms with Gasteiger partial charge in [0.05, 0.1) is 20.3 Å². The van der Waals surface area contributed by atoms with E-state index in [1.54, 1.807) is 0 Å². The fourth-order valence-corrected chi connectivity index (χ4v) is 4.38. The minimum absolute atomic E-state index is 0. The van der Waals surface area contributed by atoms with E-state index in [0.29, 0.717) is 6.42 Å². The number of carbonyl (C=O) groups is 1. The maximum absolute atomic E-state index is 11.1. The van der Waals surface area contributed by atoms with E-state index >= 15 is 0 Å². The molecule has 2 fully saturated rings. The van der Waals surface area contributed by atoms with Gasteiger partial charge in [0, 0.05) is 45.2 Å². The highest BCUT2D eigenvalue weighted by molar-refractivity contribution is 14.0. The summed E-state index contributed by atoms with van der Waals surface area (Å²) in [5, 5.41) is 7.04. The number of esters is 1. The van der Waals surface area contributed by atoms with Crippen LogP contribution in [0.1, 0.15) is 64.2 Å². The monoisotopic (exact) mass is 524 g/mol. The smallest absolute Gasteiger partial charge is 0.305 e. The zero-order chi connectivity index (χ0) is 20.1. The van der Waals surface area contributed by atoms with Gasteiger partial charge in [0.15, 0.2) is 5.96 Å². The largest absolute Gasteiger partial charge is 0.469 e. The Labute approximate surface area is 193 Å². The Bertz CT molecular complexity index is 479. The van der Waals surface area contributed by atoms with Crippen molar-refractivity contribution in [1.29, 1.82) is 0 Å². The topological polar surface area (TPSA) is 75.2 Å². The van der Waals surface area contributed by atoms with E-state index in [1.165, 1.54) is 39.2 Å². The van der Waals surface area contributed by atoms with Crippen LogP contribution >= 0.6 is 24.0 Å². The Hall–Kier alpha value is -0.610. The quantitative estimate of drug-likeness (QED) is 0.151. The summed E-state index contributed by atoms with van der Waals surface area (Å²) < 4.78 is 10.2. The maximum Gasteiger partial charge on any atom is 0.305 e. The van der Waals surface area contributed by atoms with Gasteiger partial charge in [0.2, 0.25) is 0 Å². The van der Waals surface area contributed by atoms with Crippen molar-refractivity contribution in [2.75, 3.05) is 53.6 Å². The molecule has 7 nitrogen and oxygen atoms in total. The van der Waals surface area contributed by atoms with E-state index in [-0.39, 0.29) is 35.5 Å². The summed E-state index contributed by atoms with van der Waals surface area (Å²) >= 11 is 0. The molecule has 0 aromatic carbocycles. The average Bonchev–Trinajstić information content (AvgIpc) is 2.76. The number of carbonyl (C=O) groups excluding carboxylic acids is 1. The van der Waals surface area contributed by atoms with E-state index in [9.17, 15) is 4.79 Å². The Kier molecular flexibility index (Phi) is 13.9.